The van der Waals surface area contributed by atoms with Crippen molar-refractivity contribution in [3.63, 3.8) is 0 Å². The second-order valence-electron chi connectivity index (χ2n) is 3.48. The average molecular weight is 232 g/mol. The summed E-state index contributed by atoms with van der Waals surface area (Å²) in [6.07, 6.45) is 0.625. The second kappa shape index (κ2) is 4.78. The fourth-order valence-electron chi connectivity index (χ4n) is 1.53. The van der Waals surface area contributed by atoms with Gasteiger partial charge in [0.15, 0.2) is 0 Å². The van der Waals surface area contributed by atoms with Crippen LogP contribution in [0.25, 0.3) is 4.85 Å². The predicted octanol–water partition coefficient (Wildman–Crippen LogP) is 2.80. The van der Waals surface area contributed by atoms with Gasteiger partial charge in [-0.05, 0) is 12.0 Å². The highest BCUT2D eigenvalue weighted by Crippen LogP contribution is 2.32. The smallest absolute Gasteiger partial charge is 0.230 e. The predicted molar refractivity (Wildman–Crippen MR) is 66.3 cm³/mol. The van der Waals surface area contributed by atoms with E-state index in [9.17, 15) is 0 Å². The summed E-state index contributed by atoms with van der Waals surface area (Å²) in [5.74, 6) is 0.663. The van der Waals surface area contributed by atoms with Crippen LogP contribution >= 0.6 is 12.2 Å². The normalized spacial score (nSPS) is 9.31. The van der Waals surface area contributed by atoms with Gasteiger partial charge >= 0.3 is 0 Å². The van der Waals surface area contributed by atoms with E-state index in [-0.39, 0.29) is 0 Å². The molecule has 0 saturated heterocycles. The summed E-state index contributed by atoms with van der Waals surface area (Å²) in [7, 11) is 3.67. The van der Waals surface area contributed by atoms with Crippen molar-refractivity contribution in [3.8, 4) is 6.07 Å². The van der Waals surface area contributed by atoms with Crippen molar-refractivity contribution in [1.29, 1.82) is 5.26 Å². The fourth-order valence-corrected chi connectivity index (χ4v) is 1.80. The summed E-state index contributed by atoms with van der Waals surface area (Å²) in [6.45, 7) is 9.11. The molecule has 4 nitrogen and oxygen atoms in total. The minimum Gasteiger partial charge on any atom is -0.373 e. The lowest BCUT2D eigenvalue weighted by molar-refractivity contribution is 1.04. The molecule has 82 valence electrons. The van der Waals surface area contributed by atoms with Crippen LogP contribution in [-0.4, -0.2) is 19.1 Å². The highest BCUT2D eigenvalue weighted by atomic mass is 32.1. The van der Waals surface area contributed by atoms with Crippen molar-refractivity contribution in [2.75, 3.05) is 19.0 Å². The second-order valence-corrected chi connectivity index (χ2v) is 3.88. The van der Waals surface area contributed by atoms with E-state index in [1.165, 1.54) is 0 Å². The van der Waals surface area contributed by atoms with Crippen molar-refractivity contribution in [3.05, 3.63) is 27.2 Å². The maximum atomic E-state index is 9.03. The van der Waals surface area contributed by atoms with Crippen molar-refractivity contribution < 1.29 is 0 Å². The average Bonchev–Trinajstić information content (AvgIpc) is 2.27. The van der Waals surface area contributed by atoms with Gasteiger partial charge in [-0.2, -0.15) is 5.26 Å². The Kier molecular flexibility index (Phi) is 3.65. The number of nitrogens with zero attached hydrogens (tertiary/aromatic N) is 3. The third kappa shape index (κ3) is 1.91. The van der Waals surface area contributed by atoms with Crippen molar-refractivity contribution in [2.45, 2.75) is 13.3 Å². The van der Waals surface area contributed by atoms with Gasteiger partial charge in [0, 0.05) is 14.1 Å². The Morgan fingerprint density at radius 2 is 2.19 bits per heavy atom. The number of nitriles is 1. The molecular weight excluding hydrogens is 220 g/mol. The molecule has 16 heavy (non-hydrogen) atoms. The van der Waals surface area contributed by atoms with Crippen LogP contribution in [0.2, 0.25) is 0 Å². The molecule has 1 aromatic heterocycles. The van der Waals surface area contributed by atoms with Crippen molar-refractivity contribution in [1.82, 2.24) is 4.98 Å². The molecule has 1 rings (SSSR count). The van der Waals surface area contributed by atoms with Crippen LogP contribution in [0.4, 0.5) is 11.5 Å². The molecule has 1 aromatic rings. The summed E-state index contributed by atoms with van der Waals surface area (Å²) in [5.41, 5.74) is 1.62. The number of nitrogens with one attached hydrogen (secondary N) is 1. The van der Waals surface area contributed by atoms with Crippen LogP contribution in [0, 0.1) is 22.5 Å². The summed E-state index contributed by atoms with van der Waals surface area (Å²) in [4.78, 5) is 8.21. The van der Waals surface area contributed by atoms with Crippen molar-refractivity contribution >= 4 is 23.7 Å². The molecule has 5 heteroatoms. The van der Waals surface area contributed by atoms with Crippen LogP contribution < -0.4 is 4.90 Å². The standard InChI is InChI=1S/C11H12N4S/c1-5-7-8(6-12)11(16)14-10(15(3)4)9(7)13-2/h5H2,1,3-4H3,(H,14,16). The molecule has 0 aliphatic heterocycles. The minimum atomic E-state index is 0.399. The first-order chi connectivity index (χ1) is 7.56. The van der Waals surface area contributed by atoms with Crippen molar-refractivity contribution in [2.24, 2.45) is 0 Å². The number of H-pyrrole nitrogens is 1. The fraction of sp³-hybridized carbons (Fsp3) is 0.364. The van der Waals surface area contributed by atoms with Gasteiger partial charge in [-0.25, -0.2) is 4.85 Å². The topological polar surface area (TPSA) is 47.2 Å². The van der Waals surface area contributed by atoms with E-state index in [0.29, 0.717) is 28.1 Å². The molecule has 0 unspecified atom stereocenters. The Hall–Kier alpha value is -1.85. The number of aromatic nitrogens is 1. The maximum Gasteiger partial charge on any atom is 0.230 e. The van der Waals surface area contributed by atoms with E-state index in [0.717, 1.165) is 5.56 Å². The highest BCUT2D eigenvalue weighted by Gasteiger charge is 2.15. The first-order valence-electron chi connectivity index (χ1n) is 4.80. The van der Waals surface area contributed by atoms with Crippen LogP contribution in [0.1, 0.15) is 18.1 Å². The zero-order valence-electron chi connectivity index (χ0n) is 9.46. The minimum absolute atomic E-state index is 0.399. The van der Waals surface area contributed by atoms with Gasteiger partial charge in [-0.3, -0.25) is 0 Å². The van der Waals surface area contributed by atoms with E-state index in [1.807, 2.05) is 21.0 Å². The summed E-state index contributed by atoms with van der Waals surface area (Å²) < 4.78 is 0.399. The van der Waals surface area contributed by atoms with E-state index < -0.39 is 0 Å². The quantitative estimate of drug-likeness (QED) is 0.630. The highest BCUT2D eigenvalue weighted by molar-refractivity contribution is 7.71. The molecule has 0 radical (unpaired) electrons. The molecule has 1 N–H and O–H groups in total. The van der Waals surface area contributed by atoms with Gasteiger partial charge in [-0.15, -0.1) is 0 Å². The van der Waals surface area contributed by atoms with Crippen LogP contribution in [-0.2, 0) is 6.42 Å². The number of hydrogen-bond acceptors (Lipinski definition) is 3. The SMILES string of the molecule is [C-]#[N+]c1c(N(C)C)[nH]c(=S)c(C#N)c1CC. The van der Waals surface area contributed by atoms with E-state index in [4.69, 9.17) is 24.1 Å². The van der Waals surface area contributed by atoms with Gasteiger partial charge in [0.1, 0.15) is 16.5 Å². The summed E-state index contributed by atoms with van der Waals surface area (Å²) >= 11 is 5.11. The zero-order valence-corrected chi connectivity index (χ0v) is 10.3. The van der Waals surface area contributed by atoms with E-state index >= 15 is 0 Å². The summed E-state index contributed by atoms with van der Waals surface area (Å²) in [5, 5.41) is 9.03. The van der Waals surface area contributed by atoms with Crippen LogP contribution in [0.15, 0.2) is 0 Å². The molecule has 0 bridgehead atoms. The maximum absolute atomic E-state index is 9.03. The third-order valence-electron chi connectivity index (χ3n) is 2.30. The number of anilines is 1. The first-order valence-corrected chi connectivity index (χ1v) is 5.21. The Morgan fingerprint density at radius 1 is 1.56 bits per heavy atom. The largest absolute Gasteiger partial charge is 0.373 e. The number of rotatable bonds is 2. The zero-order chi connectivity index (χ0) is 12.3. The van der Waals surface area contributed by atoms with Gasteiger partial charge < -0.3 is 9.88 Å². The molecule has 0 aliphatic rings. The number of hydrogen-bond donors (Lipinski definition) is 1. The molecule has 0 amide bonds. The molecule has 0 saturated carbocycles. The van der Waals surface area contributed by atoms with Gasteiger partial charge in [0.05, 0.1) is 12.1 Å². The summed E-state index contributed by atoms with van der Waals surface area (Å²) in [6, 6.07) is 2.06. The van der Waals surface area contributed by atoms with Crippen LogP contribution in [0.3, 0.4) is 0 Å². The molecule has 0 atom stereocenters. The molecule has 0 fully saturated rings. The van der Waals surface area contributed by atoms with E-state index in [2.05, 4.69) is 15.9 Å². The number of aromatic amines is 1. The molecule has 1 heterocycles. The number of pyridine rings is 1. The molecule has 0 aromatic carbocycles. The Labute approximate surface area is 100.0 Å². The molecule has 0 spiro atoms. The third-order valence-corrected chi connectivity index (χ3v) is 2.60. The van der Waals surface area contributed by atoms with Gasteiger partial charge in [0.25, 0.3) is 0 Å². The molecular formula is C11H12N4S. The van der Waals surface area contributed by atoms with Gasteiger partial charge in [0.2, 0.25) is 5.69 Å². The lowest BCUT2D eigenvalue weighted by atomic mass is 10.1. The lowest BCUT2D eigenvalue weighted by Gasteiger charge is -2.17. The van der Waals surface area contributed by atoms with Crippen LogP contribution in [0.5, 0.6) is 0 Å². The van der Waals surface area contributed by atoms with E-state index in [1.54, 1.807) is 4.90 Å². The molecule has 0 aliphatic carbocycles. The Balaban J connectivity index is 3.75. The lowest BCUT2D eigenvalue weighted by Crippen LogP contribution is -2.12. The Bertz CT molecular complexity index is 543. The monoisotopic (exact) mass is 232 g/mol. The Morgan fingerprint density at radius 3 is 2.56 bits per heavy atom. The first kappa shape index (κ1) is 12.2. The van der Waals surface area contributed by atoms with Gasteiger partial charge in [-0.1, -0.05) is 19.1 Å².